The van der Waals surface area contributed by atoms with Crippen molar-refractivity contribution in [2.45, 2.75) is 10.8 Å². The Morgan fingerprint density at radius 1 is 1.48 bits per heavy atom. The largest absolute Gasteiger partial charge is 0.385 e. The van der Waals surface area contributed by atoms with Gasteiger partial charge in [0.05, 0.1) is 17.2 Å². The molecule has 0 bridgehead atoms. The Labute approximate surface area is 125 Å². The van der Waals surface area contributed by atoms with Gasteiger partial charge in [0.1, 0.15) is 4.21 Å². The highest BCUT2D eigenvalue weighted by Gasteiger charge is 2.28. The molecule has 2 heterocycles. The second-order valence-electron chi connectivity index (χ2n) is 4.15. The Bertz CT molecular complexity index is 758. The van der Waals surface area contributed by atoms with Crippen LogP contribution in [0.3, 0.4) is 0 Å². The molecule has 0 saturated heterocycles. The second kappa shape index (κ2) is 5.76. The first-order valence-corrected chi connectivity index (χ1v) is 7.98. The van der Waals surface area contributed by atoms with Crippen molar-refractivity contribution < 1.29 is 13.3 Å². The summed E-state index contributed by atoms with van der Waals surface area (Å²) in [4.78, 5) is 14.1. The number of pyridine rings is 1. The Morgan fingerprint density at radius 3 is 2.71 bits per heavy atom. The molecule has 8 nitrogen and oxygen atoms in total. The number of aromatic nitrogens is 1. The first-order chi connectivity index (χ1) is 9.82. The van der Waals surface area contributed by atoms with Crippen molar-refractivity contribution >= 4 is 32.0 Å². The Kier molecular flexibility index (Phi) is 4.21. The number of nitro groups is 1. The standard InChI is InChI=1S/C11H12N4O4S2/c1-14(7-8-4-2-3-5-13-8)21(18,19)10-6-9(15(16)17)11(12)20-10/h2-6H,7,12H2,1H3. The van der Waals surface area contributed by atoms with Crippen LogP contribution in [0.15, 0.2) is 34.7 Å². The van der Waals surface area contributed by atoms with Crippen LogP contribution < -0.4 is 5.73 Å². The minimum Gasteiger partial charge on any atom is -0.385 e. The van der Waals surface area contributed by atoms with Crippen LogP contribution in [-0.2, 0) is 16.6 Å². The van der Waals surface area contributed by atoms with Crippen molar-refractivity contribution in [2.75, 3.05) is 12.8 Å². The average Bonchev–Trinajstić information content (AvgIpc) is 2.82. The number of hydrogen-bond acceptors (Lipinski definition) is 7. The summed E-state index contributed by atoms with van der Waals surface area (Å²) < 4.78 is 25.6. The molecule has 2 aromatic rings. The fraction of sp³-hybridized carbons (Fsp3) is 0.182. The van der Waals surface area contributed by atoms with Crippen LogP contribution in [0.4, 0.5) is 10.7 Å². The van der Waals surface area contributed by atoms with Crippen LogP contribution in [-0.4, -0.2) is 29.7 Å². The van der Waals surface area contributed by atoms with Gasteiger partial charge in [-0.3, -0.25) is 15.1 Å². The number of hydrogen-bond donors (Lipinski definition) is 1. The molecule has 0 radical (unpaired) electrons. The highest BCUT2D eigenvalue weighted by molar-refractivity contribution is 7.91. The molecular weight excluding hydrogens is 316 g/mol. The third-order valence-electron chi connectivity index (χ3n) is 2.69. The summed E-state index contributed by atoms with van der Waals surface area (Å²) >= 11 is 0.675. The van der Waals surface area contributed by atoms with Crippen LogP contribution in [0, 0.1) is 10.1 Å². The van der Waals surface area contributed by atoms with Gasteiger partial charge in [0.25, 0.3) is 10.0 Å². The lowest BCUT2D eigenvalue weighted by Gasteiger charge is -2.15. The van der Waals surface area contributed by atoms with E-state index in [1.807, 2.05) is 0 Å². The van der Waals surface area contributed by atoms with Crippen molar-refractivity contribution in [3.05, 3.63) is 46.3 Å². The summed E-state index contributed by atoms with van der Waals surface area (Å²) in [5, 5.41) is 10.6. The summed E-state index contributed by atoms with van der Waals surface area (Å²) in [6, 6.07) is 6.14. The number of rotatable bonds is 5. The lowest BCUT2D eigenvalue weighted by atomic mass is 10.3. The van der Waals surface area contributed by atoms with Gasteiger partial charge in [-0.25, -0.2) is 8.42 Å². The number of nitrogens with two attached hydrogens (primary N) is 1. The maximum absolute atomic E-state index is 12.4. The zero-order valence-electron chi connectivity index (χ0n) is 11.0. The monoisotopic (exact) mass is 328 g/mol. The molecule has 0 fully saturated rings. The lowest BCUT2D eigenvalue weighted by molar-refractivity contribution is -0.383. The predicted molar refractivity (Wildman–Crippen MR) is 78.3 cm³/mol. The van der Waals surface area contributed by atoms with Crippen LogP contribution in [0.5, 0.6) is 0 Å². The quantitative estimate of drug-likeness (QED) is 0.655. The highest BCUT2D eigenvalue weighted by atomic mass is 32.2. The van der Waals surface area contributed by atoms with Gasteiger partial charge in [0.15, 0.2) is 5.00 Å². The van der Waals surface area contributed by atoms with E-state index in [4.69, 9.17) is 5.73 Å². The zero-order valence-corrected chi connectivity index (χ0v) is 12.6. The third kappa shape index (κ3) is 3.17. The minimum absolute atomic E-state index is 0.0643. The molecule has 0 spiro atoms. The number of nitrogens with zero attached hydrogens (tertiary/aromatic N) is 3. The molecule has 0 aliphatic carbocycles. The Hall–Kier alpha value is -2.04. The Balaban J connectivity index is 2.29. The van der Waals surface area contributed by atoms with Crippen molar-refractivity contribution in [3.8, 4) is 0 Å². The van der Waals surface area contributed by atoms with E-state index >= 15 is 0 Å². The molecule has 112 valence electrons. The van der Waals surface area contributed by atoms with Gasteiger partial charge < -0.3 is 5.73 Å². The highest BCUT2D eigenvalue weighted by Crippen LogP contribution is 2.35. The number of anilines is 1. The maximum Gasteiger partial charge on any atom is 0.304 e. The number of sulfonamides is 1. The predicted octanol–water partition coefficient (Wildman–Crippen LogP) is 1.45. The third-order valence-corrected chi connectivity index (χ3v) is 5.90. The number of nitrogen functional groups attached to an aromatic ring is 1. The van der Waals surface area contributed by atoms with E-state index in [1.54, 1.807) is 24.4 Å². The van der Waals surface area contributed by atoms with Gasteiger partial charge in [-0.1, -0.05) is 17.4 Å². The van der Waals surface area contributed by atoms with Crippen molar-refractivity contribution in [1.82, 2.24) is 9.29 Å². The van der Waals surface area contributed by atoms with E-state index in [0.717, 1.165) is 10.4 Å². The molecule has 21 heavy (non-hydrogen) atoms. The smallest absolute Gasteiger partial charge is 0.304 e. The van der Waals surface area contributed by atoms with E-state index in [2.05, 4.69) is 4.98 Å². The van der Waals surface area contributed by atoms with Gasteiger partial charge in [0.2, 0.25) is 0 Å². The first kappa shape index (κ1) is 15.4. The molecule has 0 aliphatic rings. The summed E-state index contributed by atoms with van der Waals surface area (Å²) in [6.45, 7) is 0.0643. The molecule has 0 atom stereocenters. The lowest BCUT2D eigenvalue weighted by Crippen LogP contribution is -2.26. The second-order valence-corrected chi connectivity index (χ2v) is 7.51. The molecule has 0 saturated carbocycles. The molecule has 10 heteroatoms. The summed E-state index contributed by atoms with van der Waals surface area (Å²) in [7, 11) is -2.46. The maximum atomic E-state index is 12.4. The molecule has 0 amide bonds. The van der Waals surface area contributed by atoms with Gasteiger partial charge >= 0.3 is 5.69 Å². The molecule has 2 aromatic heterocycles. The van der Waals surface area contributed by atoms with E-state index in [9.17, 15) is 18.5 Å². The molecule has 0 aromatic carbocycles. The van der Waals surface area contributed by atoms with E-state index in [1.165, 1.54) is 7.05 Å². The van der Waals surface area contributed by atoms with Crippen molar-refractivity contribution in [1.29, 1.82) is 0 Å². The van der Waals surface area contributed by atoms with Crippen LogP contribution in [0.25, 0.3) is 0 Å². The van der Waals surface area contributed by atoms with Crippen molar-refractivity contribution in [3.63, 3.8) is 0 Å². The average molecular weight is 328 g/mol. The summed E-state index contributed by atoms with van der Waals surface area (Å²) in [5.41, 5.74) is 5.65. The van der Waals surface area contributed by atoms with Crippen LogP contribution in [0.1, 0.15) is 5.69 Å². The van der Waals surface area contributed by atoms with Crippen LogP contribution in [0.2, 0.25) is 0 Å². The van der Waals surface area contributed by atoms with Gasteiger partial charge in [-0.2, -0.15) is 4.31 Å². The van der Waals surface area contributed by atoms with Gasteiger partial charge in [0, 0.05) is 19.3 Å². The zero-order chi connectivity index (χ0) is 15.6. The van der Waals surface area contributed by atoms with E-state index in [0.29, 0.717) is 17.0 Å². The van der Waals surface area contributed by atoms with Gasteiger partial charge in [-0.15, -0.1) is 0 Å². The van der Waals surface area contributed by atoms with Gasteiger partial charge in [-0.05, 0) is 12.1 Å². The SMILES string of the molecule is CN(Cc1ccccn1)S(=O)(=O)c1cc([N+](=O)[O-])c(N)s1. The fourth-order valence-electron chi connectivity index (χ4n) is 1.60. The summed E-state index contributed by atoms with van der Waals surface area (Å²) in [6.07, 6.45) is 1.56. The first-order valence-electron chi connectivity index (χ1n) is 5.72. The normalized spacial score (nSPS) is 11.7. The van der Waals surface area contributed by atoms with Crippen molar-refractivity contribution in [2.24, 2.45) is 0 Å². The Morgan fingerprint density at radius 2 is 2.19 bits per heavy atom. The topological polar surface area (TPSA) is 119 Å². The molecular formula is C11H12N4O4S2. The fourth-order valence-corrected chi connectivity index (χ4v) is 4.17. The molecule has 0 unspecified atom stereocenters. The molecule has 2 rings (SSSR count). The molecule has 0 aliphatic heterocycles. The molecule has 2 N–H and O–H groups in total. The minimum atomic E-state index is -3.84. The van der Waals surface area contributed by atoms with E-state index in [-0.39, 0.29) is 15.8 Å². The van der Waals surface area contributed by atoms with E-state index < -0.39 is 20.6 Å². The number of thiophene rings is 1. The van der Waals surface area contributed by atoms with Crippen LogP contribution >= 0.6 is 11.3 Å². The summed E-state index contributed by atoms with van der Waals surface area (Å²) in [5.74, 6) is 0.